The highest BCUT2D eigenvalue weighted by molar-refractivity contribution is 5.71. The van der Waals surface area contributed by atoms with E-state index in [0.717, 1.165) is 11.8 Å². The number of nitrogen functional groups attached to an aromatic ring is 1. The third kappa shape index (κ3) is 3.54. The minimum atomic E-state index is -0.544. The number of rotatable bonds is 2. The number of carbonyl (C=O) groups excluding carboxylic acids is 2. The van der Waals surface area contributed by atoms with E-state index in [-0.39, 0.29) is 17.9 Å². The Morgan fingerprint density at radius 3 is 2.57 bits per heavy atom. The van der Waals surface area contributed by atoms with E-state index in [2.05, 4.69) is 0 Å². The van der Waals surface area contributed by atoms with Gasteiger partial charge in [0.15, 0.2) is 0 Å². The normalized spacial score (nSPS) is 22.1. The molecule has 0 saturated carbocycles. The number of hydrogen-bond acceptors (Lipinski definition) is 4. The third-order valence-electron chi connectivity index (χ3n) is 3.59. The van der Waals surface area contributed by atoms with Gasteiger partial charge in [0.2, 0.25) is 0 Å². The molecule has 2 atom stereocenters. The van der Waals surface area contributed by atoms with Crippen LogP contribution in [0, 0.1) is 5.92 Å². The maximum Gasteiger partial charge on any atom is 0.410 e. The van der Waals surface area contributed by atoms with Gasteiger partial charge >= 0.3 is 6.09 Å². The van der Waals surface area contributed by atoms with E-state index < -0.39 is 5.60 Å². The lowest BCUT2D eigenvalue weighted by Gasteiger charge is -2.24. The molecule has 1 aromatic carbocycles. The van der Waals surface area contributed by atoms with Gasteiger partial charge in [-0.3, -0.25) is 0 Å². The Labute approximate surface area is 125 Å². The van der Waals surface area contributed by atoms with Crippen LogP contribution >= 0.6 is 0 Å². The highest BCUT2D eigenvalue weighted by atomic mass is 16.6. The van der Waals surface area contributed by atoms with Gasteiger partial charge in [-0.25, -0.2) is 4.79 Å². The third-order valence-corrected chi connectivity index (χ3v) is 3.59. The van der Waals surface area contributed by atoms with Crippen LogP contribution in [0.4, 0.5) is 10.5 Å². The summed E-state index contributed by atoms with van der Waals surface area (Å²) in [5.41, 5.74) is 7.02. The van der Waals surface area contributed by atoms with Crippen LogP contribution in [0.15, 0.2) is 24.3 Å². The van der Waals surface area contributed by atoms with Gasteiger partial charge in [0, 0.05) is 30.6 Å². The highest BCUT2D eigenvalue weighted by Crippen LogP contribution is 2.35. The number of likely N-dealkylation sites (tertiary alicyclic amines) is 1. The van der Waals surface area contributed by atoms with E-state index in [1.165, 1.54) is 0 Å². The quantitative estimate of drug-likeness (QED) is 0.670. The number of benzene rings is 1. The second kappa shape index (κ2) is 5.76. The molecule has 0 unspecified atom stereocenters. The maximum absolute atomic E-state index is 12.1. The Kier molecular flexibility index (Phi) is 4.21. The lowest BCUT2D eigenvalue weighted by Crippen LogP contribution is -2.35. The van der Waals surface area contributed by atoms with Gasteiger partial charge in [0.05, 0.1) is 0 Å². The molecule has 1 aromatic rings. The molecule has 1 aliphatic heterocycles. The van der Waals surface area contributed by atoms with Gasteiger partial charge in [-0.15, -0.1) is 0 Å². The van der Waals surface area contributed by atoms with E-state index >= 15 is 0 Å². The molecule has 0 spiro atoms. The zero-order valence-corrected chi connectivity index (χ0v) is 12.7. The highest BCUT2D eigenvalue weighted by Gasteiger charge is 2.38. The van der Waals surface area contributed by atoms with Crippen molar-refractivity contribution in [2.45, 2.75) is 32.3 Å². The van der Waals surface area contributed by atoms with E-state index in [4.69, 9.17) is 10.5 Å². The first-order valence-corrected chi connectivity index (χ1v) is 7.09. The summed E-state index contributed by atoms with van der Waals surface area (Å²) in [6.45, 7) is 6.30. The zero-order chi connectivity index (χ0) is 15.6. The molecule has 5 heteroatoms. The summed E-state index contributed by atoms with van der Waals surface area (Å²) in [5.74, 6) is -0.321. The van der Waals surface area contributed by atoms with E-state index in [9.17, 15) is 9.59 Å². The maximum atomic E-state index is 12.1. The average Bonchev–Trinajstić information content (AvgIpc) is 2.81. The Morgan fingerprint density at radius 1 is 1.33 bits per heavy atom. The molecular formula is C16H22N2O3. The van der Waals surface area contributed by atoms with Crippen molar-refractivity contribution in [1.29, 1.82) is 0 Å². The standard InChI is InChI=1S/C16H22N2O3/c1-16(2,3)21-15(20)18-8-11(10-19)13(9-18)12-6-4-5-7-14(12)17/h4-7,10-11,13H,8-9,17H2,1-3H3/t11-,13+/m0/s1. The molecule has 2 rings (SSSR count). The first kappa shape index (κ1) is 15.4. The Morgan fingerprint density at radius 2 is 2.00 bits per heavy atom. The molecule has 114 valence electrons. The SMILES string of the molecule is CC(C)(C)OC(=O)N1C[C@@H](C=O)[C@H](c2ccccc2N)C1. The molecule has 1 amide bonds. The molecule has 1 heterocycles. The van der Waals surface area contributed by atoms with Crippen LogP contribution in [0.1, 0.15) is 32.3 Å². The van der Waals surface area contributed by atoms with Crippen molar-refractivity contribution >= 4 is 18.1 Å². The smallest absolute Gasteiger partial charge is 0.410 e. The van der Waals surface area contributed by atoms with Crippen molar-refractivity contribution in [2.75, 3.05) is 18.8 Å². The van der Waals surface area contributed by atoms with Crippen LogP contribution in [-0.2, 0) is 9.53 Å². The molecule has 21 heavy (non-hydrogen) atoms. The van der Waals surface area contributed by atoms with Crippen LogP contribution in [0.5, 0.6) is 0 Å². The minimum absolute atomic E-state index is 0.0729. The summed E-state index contributed by atoms with van der Waals surface area (Å²) in [4.78, 5) is 25.1. The molecule has 0 radical (unpaired) electrons. The van der Waals surface area contributed by atoms with Crippen LogP contribution in [-0.4, -0.2) is 36.0 Å². The van der Waals surface area contributed by atoms with Gasteiger partial charge in [0.25, 0.3) is 0 Å². The van der Waals surface area contributed by atoms with Crippen molar-refractivity contribution in [3.05, 3.63) is 29.8 Å². The van der Waals surface area contributed by atoms with Gasteiger partial charge in [0.1, 0.15) is 11.9 Å². The molecule has 0 aliphatic carbocycles. The summed E-state index contributed by atoms with van der Waals surface area (Å²) >= 11 is 0. The number of aldehydes is 1. The summed E-state index contributed by atoms with van der Waals surface area (Å²) in [6.07, 6.45) is 0.521. The number of para-hydroxylation sites is 1. The van der Waals surface area contributed by atoms with Crippen molar-refractivity contribution in [2.24, 2.45) is 5.92 Å². The average molecular weight is 290 g/mol. The predicted molar refractivity (Wildman–Crippen MR) is 81.0 cm³/mol. The van der Waals surface area contributed by atoms with Crippen LogP contribution in [0.25, 0.3) is 0 Å². The number of carbonyl (C=O) groups is 2. The van der Waals surface area contributed by atoms with Gasteiger partial charge < -0.3 is 20.2 Å². The van der Waals surface area contributed by atoms with Crippen molar-refractivity contribution < 1.29 is 14.3 Å². The van der Waals surface area contributed by atoms with Crippen molar-refractivity contribution in [1.82, 2.24) is 4.90 Å². The Hall–Kier alpha value is -2.04. The molecule has 1 fully saturated rings. The van der Waals surface area contributed by atoms with Crippen LogP contribution in [0.3, 0.4) is 0 Å². The minimum Gasteiger partial charge on any atom is -0.444 e. The van der Waals surface area contributed by atoms with Crippen molar-refractivity contribution in [3.63, 3.8) is 0 Å². The summed E-state index contributed by atoms with van der Waals surface area (Å²) < 4.78 is 5.37. The lowest BCUT2D eigenvalue weighted by molar-refractivity contribution is -0.111. The van der Waals surface area contributed by atoms with E-state index in [1.54, 1.807) is 4.90 Å². The Bertz CT molecular complexity index is 537. The fourth-order valence-electron chi connectivity index (χ4n) is 2.62. The number of ether oxygens (including phenoxy) is 1. The van der Waals surface area contributed by atoms with E-state index in [1.807, 2.05) is 45.0 Å². The molecular weight excluding hydrogens is 268 g/mol. The summed E-state index contributed by atoms with van der Waals surface area (Å²) in [7, 11) is 0. The second-order valence-corrected chi connectivity index (χ2v) is 6.42. The molecule has 2 N–H and O–H groups in total. The molecule has 0 bridgehead atoms. The number of hydrogen-bond donors (Lipinski definition) is 1. The van der Waals surface area contributed by atoms with Gasteiger partial charge in [-0.2, -0.15) is 0 Å². The number of nitrogens with two attached hydrogens (primary N) is 1. The summed E-state index contributed by atoms with van der Waals surface area (Å²) in [5, 5.41) is 0. The van der Waals surface area contributed by atoms with Gasteiger partial charge in [-0.05, 0) is 32.4 Å². The molecule has 1 aliphatic rings. The number of nitrogens with zero attached hydrogens (tertiary/aromatic N) is 1. The van der Waals surface area contributed by atoms with Gasteiger partial charge in [-0.1, -0.05) is 18.2 Å². The number of amides is 1. The second-order valence-electron chi connectivity index (χ2n) is 6.42. The zero-order valence-electron chi connectivity index (χ0n) is 12.7. The van der Waals surface area contributed by atoms with E-state index in [0.29, 0.717) is 18.8 Å². The topological polar surface area (TPSA) is 72.6 Å². The largest absolute Gasteiger partial charge is 0.444 e. The van der Waals surface area contributed by atoms with Crippen molar-refractivity contribution in [3.8, 4) is 0 Å². The fraction of sp³-hybridized carbons (Fsp3) is 0.500. The first-order chi connectivity index (χ1) is 9.81. The fourth-order valence-corrected chi connectivity index (χ4v) is 2.62. The summed E-state index contributed by atoms with van der Waals surface area (Å²) in [6, 6.07) is 7.47. The number of anilines is 1. The molecule has 1 saturated heterocycles. The van der Waals surface area contributed by atoms with Crippen LogP contribution < -0.4 is 5.73 Å². The lowest BCUT2D eigenvalue weighted by atomic mass is 9.89. The first-order valence-electron chi connectivity index (χ1n) is 7.09. The molecule has 0 aromatic heterocycles. The predicted octanol–water partition coefficient (Wildman–Crippen LogP) is 2.42. The monoisotopic (exact) mass is 290 g/mol. The van der Waals surface area contributed by atoms with Crippen LogP contribution in [0.2, 0.25) is 0 Å². The Balaban J connectivity index is 2.17. The molecule has 5 nitrogen and oxygen atoms in total.